The van der Waals surface area contributed by atoms with Crippen LogP contribution in [-0.2, 0) is 19.0 Å². The second kappa shape index (κ2) is 14.5. The van der Waals surface area contributed by atoms with Crippen molar-refractivity contribution in [2.75, 3.05) is 86.0 Å². The van der Waals surface area contributed by atoms with Gasteiger partial charge in [0, 0.05) is 45.3 Å². The molecule has 0 saturated carbocycles. The molecule has 2 aliphatic rings. The third-order valence-corrected chi connectivity index (χ3v) is 6.38. The summed E-state index contributed by atoms with van der Waals surface area (Å²) in [4.78, 5) is 47.2. The number of esters is 1. The minimum Gasteiger partial charge on any atom is -0.492 e. The van der Waals surface area contributed by atoms with E-state index >= 15 is 0 Å². The smallest absolute Gasteiger partial charge is 0.416 e. The first-order valence-corrected chi connectivity index (χ1v) is 12.9. The van der Waals surface area contributed by atoms with Crippen LogP contribution in [-0.4, -0.2) is 113 Å². The Morgan fingerprint density at radius 1 is 0.795 bits per heavy atom. The highest BCUT2D eigenvalue weighted by molar-refractivity contribution is 5.91. The van der Waals surface area contributed by atoms with Gasteiger partial charge in [-0.2, -0.15) is 0 Å². The second-order valence-electron chi connectivity index (χ2n) is 8.94. The van der Waals surface area contributed by atoms with E-state index in [1.54, 1.807) is 12.1 Å². The van der Waals surface area contributed by atoms with E-state index in [4.69, 9.17) is 28.5 Å². The average Bonchev–Trinajstić information content (AvgIpc) is 2.98. The van der Waals surface area contributed by atoms with Gasteiger partial charge in [0.15, 0.2) is 0 Å². The van der Waals surface area contributed by atoms with Gasteiger partial charge in [-0.15, -0.1) is 4.84 Å². The summed E-state index contributed by atoms with van der Waals surface area (Å²) in [5, 5.41) is 0. The third kappa shape index (κ3) is 8.45. The first kappa shape index (κ1) is 28.4. The van der Waals surface area contributed by atoms with Gasteiger partial charge in [0.25, 0.3) is 4.92 Å². The Labute approximate surface area is 226 Å². The van der Waals surface area contributed by atoms with Crippen LogP contribution in [0.2, 0.25) is 0 Å². The van der Waals surface area contributed by atoms with Crippen LogP contribution in [0.25, 0.3) is 0 Å². The van der Waals surface area contributed by atoms with Gasteiger partial charge in [-0.25, -0.2) is 9.59 Å². The molecule has 0 aliphatic carbocycles. The number of hydrogen-bond acceptors (Lipinski definition) is 11. The normalized spacial score (nSPS) is 16.3. The summed E-state index contributed by atoms with van der Waals surface area (Å²) in [5.74, 6) is -0.740. The Kier molecular flexibility index (Phi) is 10.6. The van der Waals surface area contributed by atoms with Crippen LogP contribution < -0.4 is 9.47 Å². The molecular weight excluding hydrogens is 510 g/mol. The minimum absolute atomic E-state index is 0.0472. The van der Waals surface area contributed by atoms with Crippen LogP contribution in [0, 0.1) is 4.91 Å². The van der Waals surface area contributed by atoms with Gasteiger partial charge >= 0.3 is 17.6 Å². The van der Waals surface area contributed by atoms with Crippen molar-refractivity contribution in [2.24, 2.45) is 0 Å². The molecule has 0 bridgehead atoms. The molecule has 0 unspecified atom stereocenters. The number of hydrogen-bond donors (Lipinski definition) is 0. The summed E-state index contributed by atoms with van der Waals surface area (Å²) in [6.07, 6.45) is 0. The maximum atomic E-state index is 12.9. The highest BCUT2D eigenvalue weighted by Crippen LogP contribution is 2.29. The topological polar surface area (TPSA) is 116 Å². The van der Waals surface area contributed by atoms with E-state index in [2.05, 4.69) is 9.80 Å². The fourth-order valence-corrected chi connectivity index (χ4v) is 4.12. The van der Waals surface area contributed by atoms with Gasteiger partial charge < -0.3 is 23.7 Å². The monoisotopic (exact) mass is 544 g/mol. The van der Waals surface area contributed by atoms with Crippen LogP contribution in [0.4, 0.5) is 5.69 Å². The van der Waals surface area contributed by atoms with Crippen LogP contribution in [0.15, 0.2) is 42.5 Å². The number of rotatable bonds is 12. The summed E-state index contributed by atoms with van der Waals surface area (Å²) >= 11 is 0. The molecule has 2 aromatic carbocycles. The van der Waals surface area contributed by atoms with E-state index in [9.17, 15) is 14.5 Å². The largest absolute Gasteiger partial charge is 0.492 e. The molecule has 0 aromatic heterocycles. The fourth-order valence-electron chi connectivity index (χ4n) is 4.12. The van der Waals surface area contributed by atoms with Crippen molar-refractivity contribution in [1.29, 1.82) is 0 Å². The van der Waals surface area contributed by atoms with Gasteiger partial charge in [-0.05, 0) is 36.4 Å². The van der Waals surface area contributed by atoms with Gasteiger partial charge in [0.05, 0.1) is 49.6 Å². The van der Waals surface area contributed by atoms with E-state index in [0.29, 0.717) is 38.7 Å². The van der Waals surface area contributed by atoms with Crippen LogP contribution in [0.3, 0.4) is 0 Å². The number of methoxy groups -OCH3 is 1. The summed E-state index contributed by atoms with van der Waals surface area (Å²) in [6, 6.07) is 10.5. The lowest BCUT2D eigenvalue weighted by molar-refractivity contribution is -0.714. The highest BCUT2D eigenvalue weighted by atomic mass is 16.8. The summed E-state index contributed by atoms with van der Waals surface area (Å²) in [5.41, 5.74) is 0.148. The van der Waals surface area contributed by atoms with Crippen molar-refractivity contribution in [3.05, 3.63) is 58.5 Å². The molecule has 12 nitrogen and oxygen atoms in total. The summed E-state index contributed by atoms with van der Waals surface area (Å²) < 4.78 is 27.0. The zero-order valence-corrected chi connectivity index (χ0v) is 22.0. The van der Waals surface area contributed by atoms with Crippen LogP contribution >= 0.6 is 0 Å². The predicted molar refractivity (Wildman–Crippen MR) is 138 cm³/mol. The lowest BCUT2D eigenvalue weighted by Gasteiger charge is -2.26. The van der Waals surface area contributed by atoms with E-state index in [1.807, 2.05) is 0 Å². The SMILES string of the molecule is COC(=O)c1ccc(OCCN2CCOCC2)c([N+](=O)OC(=O)c2ccc(OCCN3CCOCC3)cc2)c1. The molecule has 0 amide bonds. The molecule has 4 rings (SSSR count). The molecule has 0 spiro atoms. The number of carbonyl (C=O) groups excluding carboxylic acids is 2. The Hall–Kier alpha value is -3.58. The van der Waals surface area contributed by atoms with Gasteiger partial charge in [0.1, 0.15) is 19.0 Å². The quantitative estimate of drug-likeness (QED) is 0.289. The third-order valence-electron chi connectivity index (χ3n) is 6.38. The standard InChI is InChI=1S/C27H34N3O9/c1-34-26(31)22-4-7-25(38-19-13-29-10-16-36-17-11-29)24(20-22)30(33)39-27(32)21-2-5-23(6-3-21)37-18-12-28-8-14-35-15-9-28/h2-7,20H,8-19H2,1H3/q+1. The molecule has 2 saturated heterocycles. The minimum atomic E-state index is -0.868. The number of benzene rings is 2. The van der Waals surface area contributed by atoms with Crippen LogP contribution in [0.5, 0.6) is 11.5 Å². The molecule has 2 aromatic rings. The lowest BCUT2D eigenvalue weighted by Crippen LogP contribution is -2.38. The maximum absolute atomic E-state index is 12.9. The van der Waals surface area contributed by atoms with E-state index < -0.39 is 11.9 Å². The molecule has 39 heavy (non-hydrogen) atoms. The fraction of sp³-hybridized carbons (Fsp3) is 0.481. The number of ether oxygens (including phenoxy) is 5. The first-order chi connectivity index (χ1) is 19.0. The molecule has 2 aliphatic heterocycles. The zero-order valence-electron chi connectivity index (χ0n) is 22.0. The van der Waals surface area contributed by atoms with Gasteiger partial charge in [-0.1, -0.05) is 0 Å². The molecule has 2 fully saturated rings. The van der Waals surface area contributed by atoms with E-state index in [1.165, 1.54) is 37.4 Å². The first-order valence-electron chi connectivity index (χ1n) is 12.9. The molecule has 2 heterocycles. The Morgan fingerprint density at radius 2 is 1.36 bits per heavy atom. The zero-order chi connectivity index (χ0) is 27.5. The Balaban J connectivity index is 1.34. The number of nitrogens with zero attached hydrogens (tertiary/aromatic N) is 3. The van der Waals surface area contributed by atoms with E-state index in [-0.39, 0.29) is 27.5 Å². The van der Waals surface area contributed by atoms with Gasteiger partial charge in [0.2, 0.25) is 5.75 Å². The van der Waals surface area contributed by atoms with E-state index in [0.717, 1.165) is 45.9 Å². The number of carbonyl (C=O) groups is 2. The Morgan fingerprint density at radius 3 is 1.95 bits per heavy atom. The summed E-state index contributed by atoms with van der Waals surface area (Å²) in [6.45, 7) is 8.30. The molecule has 0 N–H and O–H groups in total. The molecular formula is C27H34N3O9+. The predicted octanol–water partition coefficient (Wildman–Crippen LogP) is 2.08. The molecule has 12 heteroatoms. The molecule has 210 valence electrons. The highest BCUT2D eigenvalue weighted by Gasteiger charge is 2.30. The van der Waals surface area contributed by atoms with Crippen molar-refractivity contribution in [3.63, 3.8) is 0 Å². The maximum Gasteiger partial charge on any atom is 0.416 e. The average molecular weight is 545 g/mol. The molecule has 0 atom stereocenters. The van der Waals surface area contributed by atoms with Crippen molar-refractivity contribution in [3.8, 4) is 11.5 Å². The Bertz CT molecular complexity index is 1110. The van der Waals surface area contributed by atoms with Gasteiger partial charge in [-0.3, -0.25) is 9.80 Å². The molecule has 0 radical (unpaired) electrons. The van der Waals surface area contributed by atoms with Crippen molar-refractivity contribution in [1.82, 2.24) is 9.80 Å². The van der Waals surface area contributed by atoms with Crippen molar-refractivity contribution in [2.45, 2.75) is 0 Å². The summed E-state index contributed by atoms with van der Waals surface area (Å²) in [7, 11) is 1.24. The van der Waals surface area contributed by atoms with Crippen LogP contribution in [0.1, 0.15) is 20.7 Å². The van der Waals surface area contributed by atoms with Crippen molar-refractivity contribution >= 4 is 17.6 Å². The second-order valence-corrected chi connectivity index (χ2v) is 8.94. The van der Waals surface area contributed by atoms with Crippen molar-refractivity contribution < 1.29 is 43.0 Å². The number of morpholine rings is 2. The lowest BCUT2D eigenvalue weighted by atomic mass is 10.2.